The van der Waals surface area contributed by atoms with E-state index in [9.17, 15) is 33.6 Å². The predicted octanol–water partition coefficient (Wildman–Crippen LogP) is 8.13. The Morgan fingerprint density at radius 1 is 0.680 bits per heavy atom. The van der Waals surface area contributed by atoms with Gasteiger partial charge in [-0.15, -0.1) is 0 Å². The van der Waals surface area contributed by atoms with Crippen molar-refractivity contribution >= 4 is 53.1 Å². The Kier molecular flexibility index (Phi) is 15.5. The van der Waals surface area contributed by atoms with E-state index in [1.54, 1.807) is 12.1 Å². The lowest BCUT2D eigenvalue weighted by Crippen LogP contribution is -2.28. The monoisotopic (exact) mass is 676 g/mol. The van der Waals surface area contributed by atoms with Crippen LogP contribution in [0.4, 0.5) is 11.4 Å². The lowest BCUT2D eigenvalue weighted by Gasteiger charge is -2.14. The minimum atomic E-state index is -1.12. The van der Waals surface area contributed by atoms with Gasteiger partial charge in [-0.1, -0.05) is 81.3 Å². The van der Waals surface area contributed by atoms with Crippen molar-refractivity contribution in [2.45, 2.75) is 55.4 Å². The lowest BCUT2D eigenvalue weighted by molar-refractivity contribution is -0.118. The van der Waals surface area contributed by atoms with Gasteiger partial charge in [0, 0.05) is 44.8 Å². The molecule has 260 valence electrons. The van der Waals surface area contributed by atoms with Gasteiger partial charge >= 0.3 is 0 Å². The zero-order chi connectivity index (χ0) is 37.5. The second-order valence-electron chi connectivity index (χ2n) is 11.0. The fourth-order valence-electron chi connectivity index (χ4n) is 4.83. The summed E-state index contributed by atoms with van der Waals surface area (Å²) in [5.41, 5.74) is 4.33. The smallest absolute Gasteiger partial charge is 0.235 e. The SMILES string of the molecule is CC.CC.Cc1ccc(NC(=O)C(C)C(=O)c2cc(C(=O)c3ccc4c(c3)C(=O)C(C)C4=O)ccc2C=O)cc1.Cc1ccc(NC=O)cc1. The normalized spacial score (nSPS) is 13.0. The van der Waals surface area contributed by atoms with Gasteiger partial charge in [0.05, 0.1) is 11.8 Å². The first-order valence-electron chi connectivity index (χ1n) is 16.5. The van der Waals surface area contributed by atoms with Crippen molar-refractivity contribution in [2.24, 2.45) is 11.8 Å². The molecule has 0 saturated heterocycles. The number of anilines is 2. The van der Waals surface area contributed by atoms with Gasteiger partial charge in [-0.3, -0.25) is 33.6 Å². The van der Waals surface area contributed by atoms with Gasteiger partial charge in [-0.25, -0.2) is 0 Å². The molecule has 0 heterocycles. The molecule has 0 radical (unpaired) electrons. The van der Waals surface area contributed by atoms with Gasteiger partial charge in [-0.05, 0) is 70.2 Å². The van der Waals surface area contributed by atoms with Crippen molar-refractivity contribution in [3.05, 3.63) is 129 Å². The first-order chi connectivity index (χ1) is 23.9. The Morgan fingerprint density at radius 3 is 1.72 bits per heavy atom. The molecule has 4 aromatic carbocycles. The molecule has 1 aliphatic rings. The second kappa shape index (κ2) is 19.2. The van der Waals surface area contributed by atoms with Crippen LogP contribution >= 0.6 is 0 Å². The molecule has 2 unspecified atom stereocenters. The van der Waals surface area contributed by atoms with Crippen LogP contribution in [0.5, 0.6) is 0 Å². The van der Waals surface area contributed by atoms with Crippen molar-refractivity contribution in [3.8, 4) is 0 Å². The number of benzene rings is 4. The van der Waals surface area contributed by atoms with Gasteiger partial charge in [0.1, 0.15) is 0 Å². The minimum absolute atomic E-state index is 0.0510. The number of nitrogens with one attached hydrogen (secondary N) is 2. The molecule has 0 bridgehead atoms. The molecule has 0 aromatic heterocycles. The highest BCUT2D eigenvalue weighted by molar-refractivity contribution is 6.27. The van der Waals surface area contributed by atoms with Crippen LogP contribution in [0.25, 0.3) is 0 Å². The molecule has 9 heteroatoms. The zero-order valence-electron chi connectivity index (χ0n) is 29.8. The van der Waals surface area contributed by atoms with Crippen LogP contribution in [0.1, 0.15) is 110 Å². The summed E-state index contributed by atoms with van der Waals surface area (Å²) in [6.07, 6.45) is 1.16. The fourth-order valence-corrected chi connectivity index (χ4v) is 4.83. The van der Waals surface area contributed by atoms with Crippen molar-refractivity contribution < 1.29 is 33.6 Å². The number of Topliss-reactive ketones (excluding diaryl/α,β-unsaturated/α-hetero) is 3. The van der Waals surface area contributed by atoms with Gasteiger partial charge in [-0.2, -0.15) is 0 Å². The van der Waals surface area contributed by atoms with Crippen molar-refractivity contribution in [1.29, 1.82) is 0 Å². The molecule has 1 aliphatic carbocycles. The van der Waals surface area contributed by atoms with E-state index in [0.29, 0.717) is 18.4 Å². The fraction of sp³-hybridized carbons (Fsp3) is 0.244. The molecular weight excluding hydrogens is 632 g/mol. The Bertz CT molecular complexity index is 1860. The van der Waals surface area contributed by atoms with Gasteiger partial charge in [0.2, 0.25) is 12.3 Å². The van der Waals surface area contributed by atoms with Crippen LogP contribution in [0.3, 0.4) is 0 Å². The average Bonchev–Trinajstić information content (AvgIpc) is 3.37. The van der Waals surface area contributed by atoms with E-state index in [1.165, 1.54) is 55.8 Å². The standard InChI is InChI=1S/C29H23NO6.C8H9NO.2C2H6/c1-15-4-9-21(10-5-15)30-29(36)17(3)27(34)23-12-18(6-7-20(23)14-31)28(35)19-8-11-22-24(13-19)26(33)16(2)25(22)32;1-7-2-4-8(5-3-7)9-6-10;2*1-2/h4-14,16-17H,1-3H3,(H,30,36);2-6H,1H3,(H,9,10);2*1-2H3. The third kappa shape index (κ3) is 9.85. The highest BCUT2D eigenvalue weighted by atomic mass is 16.2. The first-order valence-corrected chi connectivity index (χ1v) is 16.5. The number of carbonyl (C=O) groups excluding carboxylic acids is 7. The number of hydrogen-bond donors (Lipinski definition) is 2. The summed E-state index contributed by atoms with van der Waals surface area (Å²) in [6, 6.07) is 23.0. The summed E-state index contributed by atoms with van der Waals surface area (Å²) in [7, 11) is 0. The first kappa shape index (κ1) is 40.3. The number of aldehydes is 1. The Balaban J connectivity index is 0.000000523. The number of fused-ring (bicyclic) bond motifs is 1. The molecule has 2 N–H and O–H groups in total. The molecule has 5 rings (SSSR count). The maximum Gasteiger partial charge on any atom is 0.235 e. The quantitative estimate of drug-likeness (QED) is 0.103. The molecule has 2 amide bonds. The predicted molar refractivity (Wildman–Crippen MR) is 196 cm³/mol. The Morgan fingerprint density at radius 2 is 1.18 bits per heavy atom. The summed E-state index contributed by atoms with van der Waals surface area (Å²) in [5, 5.41) is 5.24. The third-order valence-electron chi connectivity index (χ3n) is 7.69. The average molecular weight is 677 g/mol. The maximum absolute atomic E-state index is 13.2. The summed E-state index contributed by atoms with van der Waals surface area (Å²) < 4.78 is 0. The second-order valence-corrected chi connectivity index (χ2v) is 11.0. The molecule has 2 atom stereocenters. The zero-order valence-corrected chi connectivity index (χ0v) is 29.8. The van der Waals surface area contributed by atoms with Gasteiger partial charge < -0.3 is 10.6 Å². The number of rotatable bonds is 9. The topological polar surface area (TPSA) is 144 Å². The van der Waals surface area contributed by atoms with E-state index in [0.717, 1.165) is 11.3 Å². The molecule has 9 nitrogen and oxygen atoms in total. The highest BCUT2D eigenvalue weighted by Gasteiger charge is 2.35. The van der Waals surface area contributed by atoms with E-state index in [1.807, 2.05) is 77.9 Å². The van der Waals surface area contributed by atoms with Crippen LogP contribution in [0.2, 0.25) is 0 Å². The van der Waals surface area contributed by atoms with E-state index >= 15 is 0 Å². The molecule has 0 saturated carbocycles. The van der Waals surface area contributed by atoms with E-state index < -0.39 is 29.3 Å². The van der Waals surface area contributed by atoms with Gasteiger partial charge in [0.25, 0.3) is 0 Å². The van der Waals surface area contributed by atoms with Crippen molar-refractivity contribution in [2.75, 3.05) is 10.6 Å². The molecule has 0 aliphatic heterocycles. The van der Waals surface area contributed by atoms with Gasteiger partial charge in [0.15, 0.2) is 29.4 Å². The van der Waals surface area contributed by atoms with Crippen LogP contribution in [-0.4, -0.2) is 41.7 Å². The highest BCUT2D eigenvalue weighted by Crippen LogP contribution is 2.28. The molecule has 0 fully saturated rings. The molecule has 0 spiro atoms. The minimum Gasteiger partial charge on any atom is -0.329 e. The Hall–Kier alpha value is -5.83. The number of carbonyl (C=O) groups is 7. The molecule has 4 aromatic rings. The number of aryl methyl sites for hydroxylation is 2. The van der Waals surface area contributed by atoms with Crippen LogP contribution in [0.15, 0.2) is 84.9 Å². The summed E-state index contributed by atoms with van der Waals surface area (Å²) in [5.74, 6) is -4.18. The van der Waals surface area contributed by atoms with Crippen LogP contribution < -0.4 is 10.6 Å². The van der Waals surface area contributed by atoms with Crippen LogP contribution in [-0.2, 0) is 9.59 Å². The third-order valence-corrected chi connectivity index (χ3v) is 7.69. The lowest BCUT2D eigenvalue weighted by atomic mass is 9.91. The summed E-state index contributed by atoms with van der Waals surface area (Å²) in [4.78, 5) is 85.2. The van der Waals surface area contributed by atoms with E-state index in [2.05, 4.69) is 10.6 Å². The molecule has 50 heavy (non-hydrogen) atoms. The molecular formula is C41H44N2O7. The van der Waals surface area contributed by atoms with Crippen molar-refractivity contribution in [3.63, 3.8) is 0 Å². The largest absolute Gasteiger partial charge is 0.329 e. The summed E-state index contributed by atoms with van der Waals surface area (Å²) >= 11 is 0. The number of ketones is 4. The Labute approximate surface area is 293 Å². The van der Waals surface area contributed by atoms with Crippen molar-refractivity contribution in [1.82, 2.24) is 0 Å². The van der Waals surface area contributed by atoms with E-state index in [-0.39, 0.29) is 44.9 Å². The maximum atomic E-state index is 13.2. The number of hydrogen-bond acceptors (Lipinski definition) is 7. The summed E-state index contributed by atoms with van der Waals surface area (Å²) in [6.45, 7) is 14.9. The van der Waals surface area contributed by atoms with E-state index in [4.69, 9.17) is 0 Å². The van der Waals surface area contributed by atoms with Crippen LogP contribution in [0, 0.1) is 25.7 Å². The number of amides is 2.